The molecule has 0 aliphatic carbocycles. The van der Waals surface area contributed by atoms with Gasteiger partial charge >= 0.3 is 0 Å². The molecular formula is C13H30ClN. The summed E-state index contributed by atoms with van der Waals surface area (Å²) in [6.07, 6.45) is 9.50. The van der Waals surface area contributed by atoms with Crippen molar-refractivity contribution < 1.29 is 17.7 Å². The van der Waals surface area contributed by atoms with E-state index in [1.54, 1.807) is 0 Å². The van der Waals surface area contributed by atoms with Crippen molar-refractivity contribution in [3.63, 3.8) is 0 Å². The lowest BCUT2D eigenvalue weighted by molar-refractivity contribution is -0.730. The molecule has 0 bridgehead atoms. The summed E-state index contributed by atoms with van der Waals surface area (Å²) < 4.78 is 0. The number of quaternary nitrogens is 1. The van der Waals surface area contributed by atoms with Crippen LogP contribution < -0.4 is 17.7 Å². The lowest BCUT2D eigenvalue weighted by Crippen LogP contribution is -3.00. The Kier molecular flexibility index (Phi) is 12.6. The lowest BCUT2D eigenvalue weighted by Gasteiger charge is -2.31. The SMILES string of the molecule is CCC[NH2+]C(CCC)(CCC)CCC.[Cl-]. The summed E-state index contributed by atoms with van der Waals surface area (Å²) in [4.78, 5) is 0. The van der Waals surface area contributed by atoms with Gasteiger partial charge in [-0.05, 0) is 6.42 Å². The first-order chi connectivity index (χ1) is 6.74. The summed E-state index contributed by atoms with van der Waals surface area (Å²) in [7, 11) is 0. The highest BCUT2D eigenvalue weighted by Gasteiger charge is 2.29. The predicted molar refractivity (Wildman–Crippen MR) is 64.5 cm³/mol. The van der Waals surface area contributed by atoms with E-state index in [1.165, 1.54) is 51.5 Å². The Labute approximate surface area is 103 Å². The lowest BCUT2D eigenvalue weighted by atomic mass is 9.84. The van der Waals surface area contributed by atoms with E-state index in [4.69, 9.17) is 0 Å². The van der Waals surface area contributed by atoms with Crippen LogP contribution in [0, 0.1) is 0 Å². The second-order valence-electron chi connectivity index (χ2n) is 4.61. The summed E-state index contributed by atoms with van der Waals surface area (Å²) in [6, 6.07) is 0. The van der Waals surface area contributed by atoms with Gasteiger partial charge in [0.05, 0.1) is 12.1 Å². The highest BCUT2D eigenvalue weighted by Crippen LogP contribution is 2.20. The molecule has 0 heterocycles. The predicted octanol–water partition coefficient (Wildman–Crippen LogP) is 0.103. The molecule has 0 saturated heterocycles. The molecule has 0 aliphatic rings. The van der Waals surface area contributed by atoms with Crippen molar-refractivity contribution in [2.45, 2.75) is 78.2 Å². The van der Waals surface area contributed by atoms with Gasteiger partial charge in [0, 0.05) is 19.3 Å². The Morgan fingerprint density at radius 1 is 0.733 bits per heavy atom. The molecule has 0 rings (SSSR count). The molecule has 2 N–H and O–H groups in total. The van der Waals surface area contributed by atoms with E-state index in [2.05, 4.69) is 33.0 Å². The smallest absolute Gasteiger partial charge is 0.0961 e. The fourth-order valence-electron chi connectivity index (χ4n) is 2.63. The maximum atomic E-state index is 2.63. The molecule has 0 aromatic heterocycles. The minimum absolute atomic E-state index is 0. The molecule has 0 aromatic rings. The Hall–Kier alpha value is 0.250. The van der Waals surface area contributed by atoms with Gasteiger partial charge in [0.2, 0.25) is 0 Å². The topological polar surface area (TPSA) is 16.6 Å². The highest BCUT2D eigenvalue weighted by atomic mass is 35.5. The Morgan fingerprint density at radius 3 is 1.40 bits per heavy atom. The summed E-state index contributed by atoms with van der Waals surface area (Å²) in [5.41, 5.74) is 0.578. The molecule has 0 aliphatic heterocycles. The van der Waals surface area contributed by atoms with Gasteiger partial charge in [-0.2, -0.15) is 0 Å². The largest absolute Gasteiger partial charge is 1.00 e. The Bertz CT molecular complexity index is 109. The first-order valence-corrected chi connectivity index (χ1v) is 6.59. The van der Waals surface area contributed by atoms with E-state index in [-0.39, 0.29) is 12.4 Å². The zero-order valence-electron chi connectivity index (χ0n) is 11.1. The Morgan fingerprint density at radius 2 is 1.13 bits per heavy atom. The molecule has 0 saturated carbocycles. The standard InChI is InChI=1S/C13H29N.ClH/c1-5-9-13(10-6-2,11-7-3)14-12-8-4;/h14H,5-12H2,1-4H3;1H. The van der Waals surface area contributed by atoms with Crippen molar-refractivity contribution in [1.82, 2.24) is 0 Å². The van der Waals surface area contributed by atoms with Gasteiger partial charge in [-0.1, -0.05) is 47.0 Å². The third-order valence-electron chi connectivity index (χ3n) is 3.11. The molecule has 0 atom stereocenters. The number of rotatable bonds is 9. The van der Waals surface area contributed by atoms with Crippen LogP contribution in [0.4, 0.5) is 0 Å². The van der Waals surface area contributed by atoms with Gasteiger partial charge in [0.15, 0.2) is 0 Å². The van der Waals surface area contributed by atoms with Crippen LogP contribution >= 0.6 is 0 Å². The van der Waals surface area contributed by atoms with Crippen molar-refractivity contribution in [1.29, 1.82) is 0 Å². The third kappa shape index (κ3) is 7.19. The van der Waals surface area contributed by atoms with Crippen molar-refractivity contribution in [2.24, 2.45) is 0 Å². The van der Waals surface area contributed by atoms with Crippen LogP contribution in [0.25, 0.3) is 0 Å². The number of hydrogen-bond donors (Lipinski definition) is 1. The second kappa shape index (κ2) is 10.8. The van der Waals surface area contributed by atoms with Gasteiger partial charge in [-0.25, -0.2) is 0 Å². The molecule has 2 heteroatoms. The average molecular weight is 236 g/mol. The molecule has 0 amide bonds. The van der Waals surface area contributed by atoms with Gasteiger partial charge in [-0.3, -0.25) is 0 Å². The monoisotopic (exact) mass is 235 g/mol. The molecule has 0 spiro atoms. The summed E-state index contributed by atoms with van der Waals surface area (Å²) in [5.74, 6) is 0. The zero-order chi connectivity index (χ0) is 10.9. The average Bonchev–Trinajstić information content (AvgIpc) is 2.16. The van der Waals surface area contributed by atoms with Crippen LogP contribution in [0.3, 0.4) is 0 Å². The van der Waals surface area contributed by atoms with Gasteiger partial charge in [0.1, 0.15) is 0 Å². The van der Waals surface area contributed by atoms with E-state index in [1.807, 2.05) is 0 Å². The molecule has 0 fully saturated rings. The molecular weight excluding hydrogens is 206 g/mol. The molecule has 0 radical (unpaired) electrons. The van der Waals surface area contributed by atoms with E-state index >= 15 is 0 Å². The van der Waals surface area contributed by atoms with Crippen molar-refractivity contribution in [3.05, 3.63) is 0 Å². The zero-order valence-corrected chi connectivity index (χ0v) is 11.9. The summed E-state index contributed by atoms with van der Waals surface area (Å²) in [6.45, 7) is 10.5. The van der Waals surface area contributed by atoms with Crippen molar-refractivity contribution >= 4 is 0 Å². The van der Waals surface area contributed by atoms with Crippen LogP contribution in [0.1, 0.15) is 72.6 Å². The summed E-state index contributed by atoms with van der Waals surface area (Å²) >= 11 is 0. The van der Waals surface area contributed by atoms with Crippen LogP contribution in [0.15, 0.2) is 0 Å². The van der Waals surface area contributed by atoms with E-state index in [9.17, 15) is 0 Å². The quantitative estimate of drug-likeness (QED) is 0.584. The third-order valence-corrected chi connectivity index (χ3v) is 3.11. The maximum absolute atomic E-state index is 2.63. The fraction of sp³-hybridized carbons (Fsp3) is 1.00. The number of hydrogen-bond acceptors (Lipinski definition) is 0. The molecule has 94 valence electrons. The van der Waals surface area contributed by atoms with E-state index in [0.717, 1.165) is 0 Å². The molecule has 15 heavy (non-hydrogen) atoms. The van der Waals surface area contributed by atoms with Gasteiger partial charge in [-0.15, -0.1) is 0 Å². The minimum atomic E-state index is 0. The minimum Gasteiger partial charge on any atom is -1.00 e. The number of nitrogens with two attached hydrogens (primary N) is 1. The van der Waals surface area contributed by atoms with E-state index in [0.29, 0.717) is 5.54 Å². The highest BCUT2D eigenvalue weighted by molar-refractivity contribution is 4.76. The fourth-order valence-corrected chi connectivity index (χ4v) is 2.63. The molecule has 1 nitrogen and oxygen atoms in total. The van der Waals surface area contributed by atoms with Gasteiger partial charge < -0.3 is 17.7 Å². The van der Waals surface area contributed by atoms with Crippen molar-refractivity contribution in [3.8, 4) is 0 Å². The maximum Gasteiger partial charge on any atom is 0.0961 e. The van der Waals surface area contributed by atoms with Crippen LogP contribution in [0.2, 0.25) is 0 Å². The summed E-state index contributed by atoms with van der Waals surface area (Å²) in [5, 5.41) is 2.63. The first-order valence-electron chi connectivity index (χ1n) is 6.59. The van der Waals surface area contributed by atoms with E-state index < -0.39 is 0 Å². The van der Waals surface area contributed by atoms with Crippen molar-refractivity contribution in [2.75, 3.05) is 6.54 Å². The second-order valence-corrected chi connectivity index (χ2v) is 4.61. The van der Waals surface area contributed by atoms with Crippen LogP contribution in [-0.2, 0) is 0 Å². The van der Waals surface area contributed by atoms with Gasteiger partial charge in [0.25, 0.3) is 0 Å². The number of halogens is 1. The van der Waals surface area contributed by atoms with Crippen LogP contribution in [0.5, 0.6) is 0 Å². The van der Waals surface area contributed by atoms with Crippen LogP contribution in [-0.4, -0.2) is 12.1 Å². The normalized spacial score (nSPS) is 11.2. The first kappa shape index (κ1) is 17.6. The molecule has 0 unspecified atom stereocenters. The Balaban J connectivity index is 0. The molecule has 0 aromatic carbocycles.